The van der Waals surface area contributed by atoms with Gasteiger partial charge in [0.25, 0.3) is 0 Å². The van der Waals surface area contributed by atoms with E-state index in [1.54, 1.807) is 37.3 Å². The topological polar surface area (TPSA) is 110 Å². The average Bonchev–Trinajstić information content (AvgIpc) is 2.65. The minimum absolute atomic E-state index is 0.101. The van der Waals surface area contributed by atoms with Crippen LogP contribution in [-0.4, -0.2) is 49.6 Å². The predicted molar refractivity (Wildman–Crippen MR) is 96.5 cm³/mol. The number of fused-ring (bicyclic) bond motifs is 1. The summed E-state index contributed by atoms with van der Waals surface area (Å²) >= 11 is 0. The van der Waals surface area contributed by atoms with E-state index in [0.717, 1.165) is 5.39 Å². The number of para-hydroxylation sites is 1. The Bertz CT molecular complexity index is 1030. The van der Waals surface area contributed by atoms with Gasteiger partial charge in [-0.1, -0.05) is 18.2 Å². The van der Waals surface area contributed by atoms with Crippen LogP contribution < -0.4 is 14.4 Å². The van der Waals surface area contributed by atoms with Gasteiger partial charge in [0, 0.05) is 25.7 Å². The highest BCUT2D eigenvalue weighted by Crippen LogP contribution is 2.20. The molecule has 0 aliphatic heterocycles. The van der Waals surface area contributed by atoms with Gasteiger partial charge in [-0.05, 0) is 12.1 Å². The fraction of sp³-hybridized carbons (Fsp3) is 0.250. The van der Waals surface area contributed by atoms with Crippen molar-refractivity contribution < 1.29 is 13.2 Å². The molecular weight excluding hydrogens is 356 g/mol. The second kappa shape index (κ2) is 7.18. The van der Waals surface area contributed by atoms with Gasteiger partial charge in [0.05, 0.1) is 19.2 Å². The van der Waals surface area contributed by atoms with Crippen LogP contribution in [0.25, 0.3) is 10.9 Å². The van der Waals surface area contributed by atoms with Crippen molar-refractivity contribution in [1.29, 1.82) is 0 Å². The number of methoxy groups -OCH3 is 1. The summed E-state index contributed by atoms with van der Waals surface area (Å²) in [5, 5.41) is 0.743. The number of pyridine rings is 1. The Hall–Kier alpha value is -2.85. The van der Waals surface area contributed by atoms with Crippen LogP contribution in [0.5, 0.6) is 6.01 Å². The highest BCUT2D eigenvalue weighted by molar-refractivity contribution is 7.89. The fourth-order valence-corrected chi connectivity index (χ4v) is 3.44. The summed E-state index contributed by atoms with van der Waals surface area (Å²) in [7, 11) is 1.17. The number of ether oxygens (including phenoxy) is 1. The first-order chi connectivity index (χ1) is 12.4. The number of hydrogen-bond acceptors (Lipinski definition) is 8. The van der Waals surface area contributed by atoms with E-state index in [4.69, 9.17) is 4.74 Å². The fourth-order valence-electron chi connectivity index (χ4n) is 2.29. The monoisotopic (exact) mass is 374 g/mol. The number of anilines is 1. The van der Waals surface area contributed by atoms with E-state index in [2.05, 4.69) is 24.7 Å². The van der Waals surface area contributed by atoms with E-state index >= 15 is 0 Å². The summed E-state index contributed by atoms with van der Waals surface area (Å²) in [6.07, 6.45) is 1.56. The molecule has 3 rings (SSSR count). The molecule has 0 spiro atoms. The number of rotatable bonds is 6. The first kappa shape index (κ1) is 18.0. The standard InChI is InChI=1S/C16H18N6O3S/c1-22(2)15-19-13(20-16(21-15)25-3)10-18-26(23,24)12-8-4-6-11-7-5-9-17-14(11)12/h4-9,18H,10H2,1-3H3. The van der Waals surface area contributed by atoms with Crippen LogP contribution >= 0.6 is 0 Å². The minimum Gasteiger partial charge on any atom is -0.467 e. The Balaban J connectivity index is 1.90. The van der Waals surface area contributed by atoms with Crippen molar-refractivity contribution in [1.82, 2.24) is 24.7 Å². The van der Waals surface area contributed by atoms with Crippen LogP contribution in [0, 0.1) is 0 Å². The SMILES string of the molecule is COc1nc(CNS(=O)(=O)c2cccc3cccnc23)nc(N(C)C)n1. The molecule has 0 unspecified atom stereocenters. The molecule has 0 radical (unpaired) electrons. The minimum atomic E-state index is -3.81. The van der Waals surface area contributed by atoms with Crippen LogP contribution in [0.1, 0.15) is 5.82 Å². The third-order valence-electron chi connectivity index (χ3n) is 3.54. The molecule has 0 bridgehead atoms. The zero-order valence-corrected chi connectivity index (χ0v) is 15.4. The molecule has 9 nitrogen and oxygen atoms in total. The van der Waals surface area contributed by atoms with Crippen molar-refractivity contribution >= 4 is 26.9 Å². The molecule has 10 heteroatoms. The summed E-state index contributed by atoms with van der Waals surface area (Å²) in [5.74, 6) is 0.621. The van der Waals surface area contributed by atoms with E-state index < -0.39 is 10.0 Å². The first-order valence-corrected chi connectivity index (χ1v) is 9.19. The second-order valence-electron chi connectivity index (χ2n) is 5.59. The zero-order valence-electron chi connectivity index (χ0n) is 14.5. The number of aromatic nitrogens is 4. The first-order valence-electron chi connectivity index (χ1n) is 7.70. The highest BCUT2D eigenvalue weighted by atomic mass is 32.2. The lowest BCUT2D eigenvalue weighted by atomic mass is 10.2. The molecule has 1 aromatic carbocycles. The van der Waals surface area contributed by atoms with Crippen molar-refractivity contribution in [3.63, 3.8) is 0 Å². The molecule has 0 aliphatic rings. The predicted octanol–water partition coefficient (Wildman–Crippen LogP) is 0.973. The van der Waals surface area contributed by atoms with Gasteiger partial charge in [-0.15, -0.1) is 0 Å². The maximum atomic E-state index is 12.7. The van der Waals surface area contributed by atoms with Crippen LogP contribution in [0.2, 0.25) is 0 Å². The Morgan fingerprint density at radius 3 is 2.62 bits per heavy atom. The molecule has 26 heavy (non-hydrogen) atoms. The maximum absolute atomic E-state index is 12.7. The molecule has 1 N–H and O–H groups in total. The van der Waals surface area contributed by atoms with Crippen molar-refractivity contribution in [2.45, 2.75) is 11.4 Å². The van der Waals surface area contributed by atoms with Crippen LogP contribution in [0.15, 0.2) is 41.4 Å². The lowest BCUT2D eigenvalue weighted by Gasteiger charge is -2.13. The van der Waals surface area contributed by atoms with E-state index in [0.29, 0.717) is 11.5 Å². The number of nitrogens with zero attached hydrogens (tertiary/aromatic N) is 5. The number of sulfonamides is 1. The number of hydrogen-bond donors (Lipinski definition) is 1. The summed E-state index contributed by atoms with van der Waals surface area (Å²) in [5.41, 5.74) is 0.407. The average molecular weight is 374 g/mol. The maximum Gasteiger partial charge on any atom is 0.321 e. The smallest absolute Gasteiger partial charge is 0.321 e. The molecule has 0 aliphatic carbocycles. The second-order valence-corrected chi connectivity index (χ2v) is 7.32. The molecule has 0 fully saturated rings. The molecular formula is C16H18N6O3S. The molecule has 2 aromatic heterocycles. The van der Waals surface area contributed by atoms with E-state index in [-0.39, 0.29) is 23.3 Å². The van der Waals surface area contributed by atoms with Gasteiger partial charge >= 0.3 is 6.01 Å². The van der Waals surface area contributed by atoms with Crippen LogP contribution in [-0.2, 0) is 16.6 Å². The molecule has 136 valence electrons. The van der Waals surface area contributed by atoms with Crippen molar-refractivity contribution in [2.24, 2.45) is 0 Å². The van der Waals surface area contributed by atoms with Gasteiger partial charge < -0.3 is 9.64 Å². The molecule has 3 aromatic rings. The van der Waals surface area contributed by atoms with Gasteiger partial charge in [0.1, 0.15) is 4.90 Å². The van der Waals surface area contributed by atoms with Crippen LogP contribution in [0.3, 0.4) is 0 Å². The van der Waals surface area contributed by atoms with Gasteiger partial charge in [-0.25, -0.2) is 13.1 Å². The normalized spacial score (nSPS) is 11.5. The van der Waals surface area contributed by atoms with E-state index in [1.807, 2.05) is 12.1 Å². The summed E-state index contributed by atoms with van der Waals surface area (Å²) in [6, 6.07) is 8.67. The van der Waals surface area contributed by atoms with Crippen molar-refractivity contribution in [3.8, 4) is 6.01 Å². The van der Waals surface area contributed by atoms with Gasteiger partial charge in [-0.2, -0.15) is 15.0 Å². The highest BCUT2D eigenvalue weighted by Gasteiger charge is 2.19. The molecule has 0 saturated heterocycles. The molecule has 0 atom stereocenters. The largest absolute Gasteiger partial charge is 0.467 e. The third-order valence-corrected chi connectivity index (χ3v) is 4.97. The van der Waals surface area contributed by atoms with E-state index in [1.165, 1.54) is 13.2 Å². The van der Waals surface area contributed by atoms with Gasteiger partial charge in [0.15, 0.2) is 5.82 Å². The summed E-state index contributed by atoms with van der Waals surface area (Å²) in [4.78, 5) is 18.3. The number of nitrogens with one attached hydrogen (secondary N) is 1. The van der Waals surface area contributed by atoms with E-state index in [9.17, 15) is 8.42 Å². The van der Waals surface area contributed by atoms with Crippen molar-refractivity contribution in [2.75, 3.05) is 26.1 Å². The Kier molecular flexibility index (Phi) is 4.96. The zero-order chi connectivity index (χ0) is 18.7. The lowest BCUT2D eigenvalue weighted by Crippen LogP contribution is -2.25. The third kappa shape index (κ3) is 3.70. The molecule has 2 heterocycles. The van der Waals surface area contributed by atoms with Crippen LogP contribution in [0.4, 0.5) is 5.95 Å². The Labute approximate surface area is 151 Å². The molecule has 0 amide bonds. The van der Waals surface area contributed by atoms with Crippen molar-refractivity contribution in [3.05, 3.63) is 42.4 Å². The summed E-state index contributed by atoms with van der Waals surface area (Å²) in [6.45, 7) is -0.106. The van der Waals surface area contributed by atoms with Gasteiger partial charge in [0.2, 0.25) is 16.0 Å². The quantitative estimate of drug-likeness (QED) is 0.680. The number of benzene rings is 1. The Morgan fingerprint density at radius 2 is 1.88 bits per heavy atom. The molecule has 0 saturated carbocycles. The summed E-state index contributed by atoms with van der Waals surface area (Å²) < 4.78 is 33.0. The van der Waals surface area contributed by atoms with Gasteiger partial charge in [-0.3, -0.25) is 4.98 Å². The Morgan fingerprint density at radius 1 is 1.12 bits per heavy atom. The lowest BCUT2D eigenvalue weighted by molar-refractivity contribution is 0.375.